The van der Waals surface area contributed by atoms with Crippen LogP contribution in [0.3, 0.4) is 0 Å². The summed E-state index contributed by atoms with van der Waals surface area (Å²) in [5.41, 5.74) is -0.897. The minimum absolute atomic E-state index is 0.248. The molecule has 0 aliphatic carbocycles. The summed E-state index contributed by atoms with van der Waals surface area (Å²) in [7, 11) is 0. The molecule has 0 amide bonds. The number of pyridine rings is 1. The highest BCUT2D eigenvalue weighted by Gasteiger charge is 2.33. The van der Waals surface area contributed by atoms with Gasteiger partial charge in [0.25, 0.3) is 0 Å². The molecule has 16 heavy (non-hydrogen) atoms. The van der Waals surface area contributed by atoms with Crippen LogP contribution < -0.4 is 4.90 Å². The van der Waals surface area contributed by atoms with Gasteiger partial charge in [-0.1, -0.05) is 29.4 Å². The highest BCUT2D eigenvalue weighted by Crippen LogP contribution is 2.33. The minimum atomic E-state index is -4.42. The predicted octanol–water partition coefficient (Wildman–Crippen LogP) is 3.65. The van der Waals surface area contributed by atoms with Gasteiger partial charge in [-0.2, -0.15) is 13.2 Å². The third-order valence-electron chi connectivity index (χ3n) is 1.92. The summed E-state index contributed by atoms with van der Waals surface area (Å²) in [4.78, 5) is 5.12. The standard InChI is InChI=1S/C9H6ClF3N2S/c10-7-4-15(5-16-7)8-3-1-2-6(14-8)9(11,12)13/h1-4H,5H2. The molecule has 0 saturated heterocycles. The van der Waals surface area contributed by atoms with Crippen molar-refractivity contribution >= 4 is 29.2 Å². The van der Waals surface area contributed by atoms with Gasteiger partial charge in [0.1, 0.15) is 11.5 Å². The molecule has 2 heterocycles. The molecule has 1 aliphatic rings. The first kappa shape index (κ1) is 11.6. The molecular weight excluding hydrogens is 261 g/mol. The van der Waals surface area contributed by atoms with E-state index in [4.69, 9.17) is 11.6 Å². The second-order valence-corrected chi connectivity index (χ2v) is 4.67. The van der Waals surface area contributed by atoms with Crippen LogP contribution in [0.25, 0.3) is 0 Å². The Morgan fingerprint density at radius 3 is 2.69 bits per heavy atom. The van der Waals surface area contributed by atoms with Gasteiger partial charge in [-0.3, -0.25) is 0 Å². The molecule has 1 aromatic heterocycles. The van der Waals surface area contributed by atoms with Crippen molar-refractivity contribution in [1.29, 1.82) is 0 Å². The summed E-state index contributed by atoms with van der Waals surface area (Å²) in [6, 6.07) is 3.79. The van der Waals surface area contributed by atoms with Gasteiger partial charge in [-0.15, -0.1) is 0 Å². The normalized spacial score (nSPS) is 16.5. The Bertz CT molecular complexity index is 433. The lowest BCUT2D eigenvalue weighted by atomic mass is 10.3. The van der Waals surface area contributed by atoms with Crippen LogP contribution in [0.5, 0.6) is 0 Å². The van der Waals surface area contributed by atoms with Crippen LogP contribution in [-0.2, 0) is 6.18 Å². The van der Waals surface area contributed by atoms with E-state index < -0.39 is 11.9 Å². The van der Waals surface area contributed by atoms with E-state index >= 15 is 0 Å². The van der Waals surface area contributed by atoms with Gasteiger partial charge >= 0.3 is 6.18 Å². The molecule has 0 spiro atoms. The molecule has 86 valence electrons. The van der Waals surface area contributed by atoms with E-state index in [0.29, 0.717) is 10.2 Å². The Hall–Kier alpha value is -0.880. The van der Waals surface area contributed by atoms with Gasteiger partial charge in [0.2, 0.25) is 0 Å². The van der Waals surface area contributed by atoms with Crippen molar-refractivity contribution in [3.8, 4) is 0 Å². The molecule has 0 fully saturated rings. The molecule has 0 saturated carbocycles. The maximum absolute atomic E-state index is 12.4. The Morgan fingerprint density at radius 1 is 1.38 bits per heavy atom. The molecule has 7 heteroatoms. The monoisotopic (exact) mass is 266 g/mol. The van der Waals surface area contributed by atoms with Crippen LogP contribution >= 0.6 is 23.4 Å². The van der Waals surface area contributed by atoms with Crippen LogP contribution in [0.4, 0.5) is 19.0 Å². The van der Waals surface area contributed by atoms with Gasteiger partial charge in [-0.25, -0.2) is 4.98 Å². The van der Waals surface area contributed by atoms with Crippen LogP contribution in [0, 0.1) is 0 Å². The quantitative estimate of drug-likeness (QED) is 0.772. The zero-order valence-electron chi connectivity index (χ0n) is 7.83. The Labute approximate surface area is 99.1 Å². The van der Waals surface area contributed by atoms with Crippen molar-refractivity contribution in [2.75, 3.05) is 10.8 Å². The maximum atomic E-state index is 12.4. The van der Waals surface area contributed by atoms with Crippen molar-refractivity contribution in [2.45, 2.75) is 6.18 Å². The number of thioether (sulfide) groups is 1. The number of rotatable bonds is 1. The van der Waals surface area contributed by atoms with E-state index in [1.807, 2.05) is 0 Å². The van der Waals surface area contributed by atoms with Gasteiger partial charge in [-0.05, 0) is 12.1 Å². The fourth-order valence-corrected chi connectivity index (χ4v) is 2.14. The molecule has 2 nitrogen and oxygen atoms in total. The van der Waals surface area contributed by atoms with Crippen molar-refractivity contribution in [2.24, 2.45) is 0 Å². The van der Waals surface area contributed by atoms with Crippen molar-refractivity contribution in [3.05, 3.63) is 34.5 Å². The van der Waals surface area contributed by atoms with Crippen molar-refractivity contribution < 1.29 is 13.2 Å². The maximum Gasteiger partial charge on any atom is 0.433 e. The molecule has 0 atom stereocenters. The van der Waals surface area contributed by atoms with E-state index in [0.717, 1.165) is 6.07 Å². The van der Waals surface area contributed by atoms with Crippen LogP contribution in [0.2, 0.25) is 0 Å². The number of hydrogen-bond acceptors (Lipinski definition) is 3. The van der Waals surface area contributed by atoms with E-state index in [-0.39, 0.29) is 5.82 Å². The average Bonchev–Trinajstić information content (AvgIpc) is 2.64. The first-order valence-corrected chi connectivity index (χ1v) is 5.64. The topological polar surface area (TPSA) is 16.1 Å². The molecule has 0 N–H and O–H groups in total. The lowest BCUT2D eigenvalue weighted by molar-refractivity contribution is -0.141. The second kappa shape index (κ2) is 4.18. The lowest BCUT2D eigenvalue weighted by Crippen LogP contribution is -2.15. The van der Waals surface area contributed by atoms with Gasteiger partial charge < -0.3 is 4.90 Å². The second-order valence-electron chi connectivity index (χ2n) is 3.06. The fourth-order valence-electron chi connectivity index (χ4n) is 1.20. The Morgan fingerprint density at radius 2 is 2.12 bits per heavy atom. The Balaban J connectivity index is 2.30. The van der Waals surface area contributed by atoms with Gasteiger partial charge in [0.15, 0.2) is 0 Å². The summed E-state index contributed by atoms with van der Waals surface area (Å²) in [6.07, 6.45) is -2.86. The largest absolute Gasteiger partial charge is 0.433 e. The third kappa shape index (κ3) is 2.44. The SMILES string of the molecule is FC(F)(F)c1cccc(N2C=C(Cl)SC2)n1. The molecule has 1 aliphatic heterocycles. The zero-order valence-corrected chi connectivity index (χ0v) is 9.40. The van der Waals surface area contributed by atoms with Gasteiger partial charge in [0.05, 0.1) is 10.2 Å². The molecule has 1 aromatic rings. The molecule has 0 unspecified atom stereocenters. The summed E-state index contributed by atoms with van der Waals surface area (Å²) in [5, 5.41) is 0. The van der Waals surface area contributed by atoms with E-state index in [2.05, 4.69) is 4.98 Å². The summed E-state index contributed by atoms with van der Waals surface area (Å²) in [6.45, 7) is 0. The highest BCUT2D eigenvalue weighted by molar-refractivity contribution is 8.04. The van der Waals surface area contributed by atoms with Crippen LogP contribution in [0.15, 0.2) is 28.8 Å². The number of halogens is 4. The highest BCUT2D eigenvalue weighted by atomic mass is 35.5. The number of anilines is 1. The van der Waals surface area contributed by atoms with Gasteiger partial charge in [0, 0.05) is 6.20 Å². The molecule has 0 bridgehead atoms. The fraction of sp³-hybridized carbons (Fsp3) is 0.222. The number of hydrogen-bond donors (Lipinski definition) is 0. The first-order valence-electron chi connectivity index (χ1n) is 4.28. The average molecular weight is 267 g/mol. The molecular formula is C9H6ClF3N2S. The van der Waals surface area contributed by atoms with E-state index in [1.54, 1.807) is 11.1 Å². The molecule has 2 rings (SSSR count). The zero-order chi connectivity index (χ0) is 11.8. The first-order chi connectivity index (χ1) is 7.47. The van der Waals surface area contributed by atoms with E-state index in [1.165, 1.54) is 23.9 Å². The predicted molar refractivity (Wildman–Crippen MR) is 58.1 cm³/mol. The number of alkyl halides is 3. The van der Waals surface area contributed by atoms with Crippen molar-refractivity contribution in [3.63, 3.8) is 0 Å². The van der Waals surface area contributed by atoms with Crippen LogP contribution in [0.1, 0.15) is 5.69 Å². The minimum Gasteiger partial charge on any atom is -0.321 e. The van der Waals surface area contributed by atoms with E-state index in [9.17, 15) is 13.2 Å². The van der Waals surface area contributed by atoms with Crippen molar-refractivity contribution in [1.82, 2.24) is 4.98 Å². The smallest absolute Gasteiger partial charge is 0.321 e. The molecule has 0 radical (unpaired) electrons. The third-order valence-corrected chi connectivity index (χ3v) is 3.13. The molecule has 0 aromatic carbocycles. The summed E-state index contributed by atoms with van der Waals surface area (Å²) in [5.74, 6) is 0.727. The number of nitrogens with zero attached hydrogens (tertiary/aromatic N) is 2. The Kier molecular flexibility index (Phi) is 3.03. The van der Waals surface area contributed by atoms with Crippen LogP contribution in [-0.4, -0.2) is 10.9 Å². The lowest BCUT2D eigenvalue weighted by Gasteiger charge is -2.14. The summed E-state index contributed by atoms with van der Waals surface area (Å²) < 4.78 is 37.8. The number of aromatic nitrogens is 1. The summed E-state index contributed by atoms with van der Waals surface area (Å²) >= 11 is 7.06.